The second-order valence-electron chi connectivity index (χ2n) is 8.38. The molecule has 1 fully saturated rings. The Hall–Kier alpha value is -3.82. The van der Waals surface area contributed by atoms with Gasteiger partial charge < -0.3 is 20.6 Å². The van der Waals surface area contributed by atoms with Crippen molar-refractivity contribution in [2.45, 2.75) is 45.2 Å². The van der Waals surface area contributed by atoms with Crippen LogP contribution in [0.4, 0.5) is 27.8 Å². The number of benzene rings is 1. The largest absolute Gasteiger partial charge is 0.481 e. The Kier molecular flexibility index (Phi) is 7.15. The highest BCUT2D eigenvalue weighted by molar-refractivity contribution is 5.70. The molecule has 0 radical (unpaired) electrons. The van der Waals surface area contributed by atoms with Crippen LogP contribution in [0.2, 0.25) is 0 Å². The van der Waals surface area contributed by atoms with Crippen LogP contribution in [0.3, 0.4) is 0 Å². The Morgan fingerprint density at radius 2 is 2.03 bits per heavy atom. The number of carboxylic acid groups (broad SMARTS) is 1. The predicted octanol–water partition coefficient (Wildman–Crippen LogP) is 4.40. The summed E-state index contributed by atoms with van der Waals surface area (Å²) >= 11 is 0. The molecule has 1 aromatic carbocycles. The van der Waals surface area contributed by atoms with Gasteiger partial charge in [0.2, 0.25) is 5.95 Å². The van der Waals surface area contributed by atoms with E-state index in [1.54, 1.807) is 30.7 Å². The standard InChI is InChI=1S/C24H28FN7O2/c1-3-19-12-17(23(33)34)8-11-32(19)22-13-20(29-21-14-26-9-10-27-21)30-24(31-22)28-15(2)16-4-6-18(25)7-5-16/h4-7,9-10,13-15,17,19H,3,8,11-12H2,1-2H3,(H,33,34)(H2,27,28,29,30,31)/t15?,17?,19-/m0/s1. The van der Waals surface area contributed by atoms with E-state index >= 15 is 0 Å². The van der Waals surface area contributed by atoms with Crippen LogP contribution in [0.5, 0.6) is 0 Å². The lowest BCUT2D eigenvalue weighted by Crippen LogP contribution is -2.44. The van der Waals surface area contributed by atoms with E-state index in [2.05, 4.69) is 37.4 Å². The third kappa shape index (κ3) is 5.56. The van der Waals surface area contributed by atoms with Crippen molar-refractivity contribution >= 4 is 29.4 Å². The number of piperidine rings is 1. The third-order valence-corrected chi connectivity index (χ3v) is 6.08. The minimum Gasteiger partial charge on any atom is -0.481 e. The molecule has 10 heteroatoms. The molecule has 2 aromatic heterocycles. The molecule has 9 nitrogen and oxygen atoms in total. The van der Waals surface area contributed by atoms with Gasteiger partial charge in [-0.25, -0.2) is 9.37 Å². The van der Waals surface area contributed by atoms with Crippen LogP contribution in [0.25, 0.3) is 0 Å². The molecule has 1 saturated heterocycles. The summed E-state index contributed by atoms with van der Waals surface area (Å²) in [5.74, 6) is 0.787. The average Bonchev–Trinajstić information content (AvgIpc) is 2.84. The minimum absolute atomic E-state index is 0.0523. The maximum Gasteiger partial charge on any atom is 0.306 e. The fourth-order valence-electron chi connectivity index (χ4n) is 4.20. The van der Waals surface area contributed by atoms with Gasteiger partial charge in [0.1, 0.15) is 23.3 Å². The number of nitrogens with zero attached hydrogens (tertiary/aromatic N) is 5. The van der Waals surface area contributed by atoms with Crippen molar-refractivity contribution in [1.29, 1.82) is 0 Å². The van der Waals surface area contributed by atoms with Crippen molar-refractivity contribution in [3.8, 4) is 0 Å². The van der Waals surface area contributed by atoms with Crippen LogP contribution in [0, 0.1) is 11.7 Å². The van der Waals surface area contributed by atoms with Gasteiger partial charge in [-0.1, -0.05) is 19.1 Å². The van der Waals surface area contributed by atoms with E-state index in [9.17, 15) is 14.3 Å². The van der Waals surface area contributed by atoms with Gasteiger partial charge >= 0.3 is 5.97 Å². The quantitative estimate of drug-likeness (QED) is 0.445. The van der Waals surface area contributed by atoms with E-state index in [1.165, 1.54) is 12.1 Å². The van der Waals surface area contributed by atoms with Crippen LogP contribution in [-0.4, -0.2) is 43.6 Å². The second kappa shape index (κ2) is 10.4. The van der Waals surface area contributed by atoms with Crippen LogP contribution in [-0.2, 0) is 4.79 Å². The van der Waals surface area contributed by atoms with Crippen LogP contribution in [0.15, 0.2) is 48.9 Å². The van der Waals surface area contributed by atoms with Crippen LogP contribution in [0.1, 0.15) is 44.7 Å². The number of halogens is 1. The number of nitrogens with one attached hydrogen (secondary N) is 2. The fraction of sp³-hybridized carbons (Fsp3) is 0.375. The van der Waals surface area contributed by atoms with E-state index < -0.39 is 5.97 Å². The summed E-state index contributed by atoms with van der Waals surface area (Å²) in [7, 11) is 0. The number of carboxylic acids is 1. The summed E-state index contributed by atoms with van der Waals surface area (Å²) in [5, 5.41) is 16.0. The Morgan fingerprint density at radius 3 is 2.71 bits per heavy atom. The molecule has 0 spiro atoms. The van der Waals surface area contributed by atoms with E-state index in [-0.39, 0.29) is 23.8 Å². The lowest BCUT2D eigenvalue weighted by molar-refractivity contribution is -0.142. The SMILES string of the molecule is CC[C@H]1CC(C(=O)O)CCN1c1cc(Nc2cnccn2)nc(NC(C)c2ccc(F)cc2)n1. The first-order valence-corrected chi connectivity index (χ1v) is 11.4. The summed E-state index contributed by atoms with van der Waals surface area (Å²) in [6.07, 6.45) is 6.70. The van der Waals surface area contributed by atoms with Gasteiger partial charge in [0, 0.05) is 31.0 Å². The molecule has 2 unspecified atom stereocenters. The fourth-order valence-corrected chi connectivity index (χ4v) is 4.20. The minimum atomic E-state index is -0.749. The zero-order valence-corrected chi connectivity index (χ0v) is 19.1. The topological polar surface area (TPSA) is 116 Å². The normalized spacial score (nSPS) is 18.9. The first kappa shape index (κ1) is 23.3. The molecule has 4 rings (SSSR count). The molecule has 3 heterocycles. The molecule has 1 aliphatic rings. The number of carbonyl (C=O) groups is 1. The van der Waals surface area contributed by atoms with E-state index in [4.69, 9.17) is 4.98 Å². The maximum atomic E-state index is 13.3. The summed E-state index contributed by atoms with van der Waals surface area (Å²) < 4.78 is 13.3. The van der Waals surface area contributed by atoms with E-state index in [1.807, 2.05) is 13.0 Å². The number of hydrogen-bond donors (Lipinski definition) is 3. The smallest absolute Gasteiger partial charge is 0.306 e. The van der Waals surface area contributed by atoms with E-state index in [0.29, 0.717) is 42.8 Å². The van der Waals surface area contributed by atoms with Gasteiger partial charge in [0.25, 0.3) is 0 Å². The Bertz CT molecular complexity index is 1110. The van der Waals surface area contributed by atoms with Gasteiger partial charge in [-0.3, -0.25) is 9.78 Å². The van der Waals surface area contributed by atoms with E-state index in [0.717, 1.165) is 12.0 Å². The molecule has 3 aromatic rings. The van der Waals surface area contributed by atoms with Gasteiger partial charge in [-0.2, -0.15) is 9.97 Å². The third-order valence-electron chi connectivity index (χ3n) is 6.08. The Morgan fingerprint density at radius 1 is 1.24 bits per heavy atom. The predicted molar refractivity (Wildman–Crippen MR) is 128 cm³/mol. The summed E-state index contributed by atoms with van der Waals surface area (Å²) in [6, 6.07) is 8.01. The van der Waals surface area contributed by atoms with Gasteiger partial charge in [0.15, 0.2) is 0 Å². The molecular weight excluding hydrogens is 437 g/mol. The highest BCUT2D eigenvalue weighted by Crippen LogP contribution is 2.31. The highest BCUT2D eigenvalue weighted by atomic mass is 19.1. The number of aromatic nitrogens is 4. The summed E-state index contributed by atoms with van der Waals surface area (Å²) in [4.78, 5) is 31.4. The molecule has 34 heavy (non-hydrogen) atoms. The van der Waals surface area contributed by atoms with Crippen molar-refractivity contribution in [3.05, 3.63) is 60.3 Å². The van der Waals surface area contributed by atoms with Gasteiger partial charge in [0.05, 0.1) is 18.2 Å². The zero-order valence-electron chi connectivity index (χ0n) is 19.1. The number of anilines is 4. The molecule has 3 N–H and O–H groups in total. The Balaban J connectivity index is 1.64. The molecule has 178 valence electrons. The number of aliphatic carboxylic acids is 1. The van der Waals surface area contributed by atoms with Crippen LogP contribution < -0.4 is 15.5 Å². The van der Waals surface area contributed by atoms with Crippen molar-refractivity contribution < 1.29 is 14.3 Å². The monoisotopic (exact) mass is 465 g/mol. The van der Waals surface area contributed by atoms with Crippen LogP contribution >= 0.6 is 0 Å². The molecule has 3 atom stereocenters. The molecule has 0 amide bonds. The lowest BCUT2D eigenvalue weighted by Gasteiger charge is -2.39. The molecule has 0 saturated carbocycles. The maximum absolute atomic E-state index is 13.3. The first-order chi connectivity index (χ1) is 16.4. The van der Waals surface area contributed by atoms with Crippen molar-refractivity contribution in [2.75, 3.05) is 22.1 Å². The molecule has 0 bridgehead atoms. The van der Waals surface area contributed by atoms with Crippen molar-refractivity contribution in [1.82, 2.24) is 19.9 Å². The lowest BCUT2D eigenvalue weighted by atomic mass is 9.89. The van der Waals surface area contributed by atoms with Gasteiger partial charge in [-0.15, -0.1) is 0 Å². The number of rotatable bonds is 8. The molecule has 0 aliphatic carbocycles. The second-order valence-corrected chi connectivity index (χ2v) is 8.38. The van der Waals surface area contributed by atoms with Gasteiger partial charge in [-0.05, 0) is 43.9 Å². The number of hydrogen-bond acceptors (Lipinski definition) is 8. The van der Waals surface area contributed by atoms with Crippen molar-refractivity contribution in [3.63, 3.8) is 0 Å². The Labute approximate surface area is 197 Å². The molecule has 1 aliphatic heterocycles. The highest BCUT2D eigenvalue weighted by Gasteiger charge is 2.32. The average molecular weight is 466 g/mol. The summed E-state index contributed by atoms with van der Waals surface area (Å²) in [5.41, 5.74) is 0.896. The summed E-state index contributed by atoms with van der Waals surface area (Å²) in [6.45, 7) is 4.59. The zero-order chi connectivity index (χ0) is 24.1. The molecular formula is C24H28FN7O2. The first-order valence-electron chi connectivity index (χ1n) is 11.4. The van der Waals surface area contributed by atoms with Crippen molar-refractivity contribution in [2.24, 2.45) is 5.92 Å².